The van der Waals surface area contributed by atoms with Crippen molar-refractivity contribution in [2.75, 3.05) is 11.9 Å². The molecule has 2 heteroatoms. The molecule has 0 saturated heterocycles. The van der Waals surface area contributed by atoms with Gasteiger partial charge in [-0.15, -0.1) is 0 Å². The van der Waals surface area contributed by atoms with Gasteiger partial charge in [0.1, 0.15) is 0 Å². The van der Waals surface area contributed by atoms with Gasteiger partial charge in [0.25, 0.3) is 0 Å². The first kappa shape index (κ1) is 10.5. The van der Waals surface area contributed by atoms with Crippen molar-refractivity contribution in [2.24, 2.45) is 0 Å². The Labute approximate surface area is 91.5 Å². The van der Waals surface area contributed by atoms with E-state index < -0.39 is 5.60 Å². The highest BCUT2D eigenvalue weighted by atomic mass is 16.3. The Morgan fingerprint density at radius 2 is 1.80 bits per heavy atom. The topological polar surface area (TPSA) is 23.5 Å². The average molecular weight is 205 g/mol. The van der Waals surface area contributed by atoms with Crippen LogP contribution in [0.1, 0.15) is 32.8 Å². The molecule has 0 aliphatic carbocycles. The highest BCUT2D eigenvalue weighted by Crippen LogP contribution is 2.44. The van der Waals surface area contributed by atoms with E-state index >= 15 is 0 Å². The van der Waals surface area contributed by atoms with Crippen molar-refractivity contribution >= 4 is 5.69 Å². The lowest BCUT2D eigenvalue weighted by atomic mass is 9.77. The second-order valence-electron chi connectivity index (χ2n) is 5.34. The Morgan fingerprint density at radius 1 is 1.20 bits per heavy atom. The fourth-order valence-electron chi connectivity index (χ4n) is 2.60. The Hall–Kier alpha value is -1.02. The van der Waals surface area contributed by atoms with Crippen LogP contribution in [0, 0.1) is 0 Å². The molecule has 0 radical (unpaired) electrons. The van der Waals surface area contributed by atoms with Gasteiger partial charge < -0.3 is 10.0 Å². The molecule has 1 aliphatic rings. The summed E-state index contributed by atoms with van der Waals surface area (Å²) in [5.41, 5.74) is 1.45. The molecule has 0 saturated carbocycles. The Kier molecular flexibility index (Phi) is 2.09. The Balaban J connectivity index is 2.61. The number of fused-ring (bicyclic) bond motifs is 1. The van der Waals surface area contributed by atoms with Crippen molar-refractivity contribution < 1.29 is 5.11 Å². The van der Waals surface area contributed by atoms with Crippen LogP contribution in [-0.2, 0) is 5.60 Å². The molecule has 82 valence electrons. The van der Waals surface area contributed by atoms with Crippen molar-refractivity contribution in [2.45, 2.75) is 38.3 Å². The summed E-state index contributed by atoms with van der Waals surface area (Å²) in [7, 11) is 2.09. The van der Waals surface area contributed by atoms with Gasteiger partial charge in [-0.05, 0) is 26.8 Å². The van der Waals surface area contributed by atoms with Gasteiger partial charge in [-0.2, -0.15) is 0 Å². The molecular weight excluding hydrogens is 186 g/mol. The van der Waals surface area contributed by atoms with Gasteiger partial charge in [-0.25, -0.2) is 0 Å². The van der Waals surface area contributed by atoms with E-state index in [2.05, 4.69) is 31.9 Å². The van der Waals surface area contributed by atoms with Gasteiger partial charge >= 0.3 is 0 Å². The van der Waals surface area contributed by atoms with Crippen LogP contribution in [0.4, 0.5) is 5.69 Å². The minimum absolute atomic E-state index is 0.00213. The van der Waals surface area contributed by atoms with Gasteiger partial charge in [-0.3, -0.25) is 0 Å². The first-order valence-corrected chi connectivity index (χ1v) is 5.40. The van der Waals surface area contributed by atoms with E-state index in [4.69, 9.17) is 0 Å². The van der Waals surface area contributed by atoms with Crippen LogP contribution in [0.25, 0.3) is 0 Å². The molecular formula is C13H19NO. The number of anilines is 1. The molecule has 0 aromatic heterocycles. The van der Waals surface area contributed by atoms with Crippen molar-refractivity contribution in [3.63, 3.8) is 0 Å². The van der Waals surface area contributed by atoms with Crippen LogP contribution < -0.4 is 4.90 Å². The summed E-state index contributed by atoms with van der Waals surface area (Å²) in [5, 5.41) is 10.5. The van der Waals surface area contributed by atoms with Crippen LogP contribution in [0.5, 0.6) is 0 Å². The number of hydrogen-bond acceptors (Lipinski definition) is 2. The van der Waals surface area contributed by atoms with Gasteiger partial charge in [-0.1, -0.05) is 18.2 Å². The molecule has 0 spiro atoms. The quantitative estimate of drug-likeness (QED) is 0.703. The lowest BCUT2D eigenvalue weighted by Gasteiger charge is -2.48. The number of rotatable bonds is 0. The number of benzene rings is 1. The molecule has 0 bridgehead atoms. The van der Waals surface area contributed by atoms with Crippen molar-refractivity contribution in [3.05, 3.63) is 29.8 Å². The van der Waals surface area contributed by atoms with Crippen LogP contribution >= 0.6 is 0 Å². The van der Waals surface area contributed by atoms with Crippen LogP contribution in [0.15, 0.2) is 24.3 Å². The summed E-state index contributed by atoms with van der Waals surface area (Å²) in [6.07, 6.45) is 0.757. The monoisotopic (exact) mass is 205 g/mol. The van der Waals surface area contributed by atoms with Crippen LogP contribution in [0.2, 0.25) is 0 Å². The molecule has 1 atom stereocenters. The van der Waals surface area contributed by atoms with E-state index in [1.165, 1.54) is 0 Å². The van der Waals surface area contributed by atoms with E-state index in [1.54, 1.807) is 0 Å². The summed E-state index contributed by atoms with van der Waals surface area (Å²) in [5.74, 6) is 0. The van der Waals surface area contributed by atoms with Gasteiger partial charge in [0.15, 0.2) is 0 Å². The third-order valence-electron chi connectivity index (χ3n) is 3.53. The fraction of sp³-hybridized carbons (Fsp3) is 0.538. The number of aliphatic hydroxyl groups is 1. The molecule has 1 heterocycles. The SMILES string of the molecule is CN1c2ccccc2C(C)(O)CC1(C)C. The molecule has 1 aliphatic heterocycles. The number of nitrogens with zero attached hydrogens (tertiary/aromatic N) is 1. The van der Waals surface area contributed by atoms with E-state index in [1.807, 2.05) is 25.1 Å². The minimum Gasteiger partial charge on any atom is -0.385 e. The molecule has 0 amide bonds. The molecule has 1 unspecified atom stereocenters. The normalized spacial score (nSPS) is 28.7. The highest BCUT2D eigenvalue weighted by Gasteiger charge is 2.41. The summed E-state index contributed by atoms with van der Waals surface area (Å²) in [6.45, 7) is 6.23. The second-order valence-corrected chi connectivity index (χ2v) is 5.34. The molecule has 2 rings (SSSR count). The standard InChI is InChI=1S/C13H19NO/c1-12(2)9-13(3,15)10-7-5-6-8-11(10)14(12)4/h5-8,15H,9H2,1-4H3. The lowest BCUT2D eigenvalue weighted by Crippen LogP contribution is -2.51. The predicted octanol–water partition coefficient (Wildman–Crippen LogP) is 2.51. The summed E-state index contributed by atoms with van der Waals surface area (Å²) in [4.78, 5) is 2.25. The maximum atomic E-state index is 10.5. The minimum atomic E-state index is -0.716. The lowest BCUT2D eigenvalue weighted by molar-refractivity contribution is 0.0214. The zero-order chi connectivity index (χ0) is 11.3. The second kappa shape index (κ2) is 2.99. The van der Waals surface area contributed by atoms with E-state index in [-0.39, 0.29) is 5.54 Å². The maximum absolute atomic E-state index is 10.5. The molecule has 2 nitrogen and oxygen atoms in total. The first-order chi connectivity index (χ1) is 6.84. The number of para-hydroxylation sites is 1. The van der Waals surface area contributed by atoms with Crippen LogP contribution in [-0.4, -0.2) is 17.7 Å². The highest BCUT2D eigenvalue weighted by molar-refractivity contribution is 5.59. The maximum Gasteiger partial charge on any atom is 0.0910 e. The summed E-state index contributed by atoms with van der Waals surface area (Å²) >= 11 is 0. The smallest absolute Gasteiger partial charge is 0.0910 e. The van der Waals surface area contributed by atoms with E-state index in [0.29, 0.717) is 0 Å². The summed E-state index contributed by atoms with van der Waals surface area (Å²) in [6, 6.07) is 8.10. The van der Waals surface area contributed by atoms with Crippen LogP contribution in [0.3, 0.4) is 0 Å². The third-order valence-corrected chi connectivity index (χ3v) is 3.53. The predicted molar refractivity (Wildman–Crippen MR) is 63.1 cm³/mol. The molecule has 1 N–H and O–H groups in total. The summed E-state index contributed by atoms with van der Waals surface area (Å²) < 4.78 is 0. The van der Waals surface area contributed by atoms with Crippen molar-refractivity contribution in [1.29, 1.82) is 0 Å². The third kappa shape index (κ3) is 1.53. The molecule has 15 heavy (non-hydrogen) atoms. The van der Waals surface area contributed by atoms with E-state index in [0.717, 1.165) is 17.7 Å². The Bertz CT molecular complexity index is 382. The molecule has 0 fully saturated rings. The van der Waals surface area contributed by atoms with Crippen molar-refractivity contribution in [3.8, 4) is 0 Å². The first-order valence-electron chi connectivity index (χ1n) is 5.40. The van der Waals surface area contributed by atoms with Gasteiger partial charge in [0.05, 0.1) is 5.60 Å². The van der Waals surface area contributed by atoms with Crippen molar-refractivity contribution in [1.82, 2.24) is 0 Å². The Morgan fingerprint density at radius 3 is 2.47 bits per heavy atom. The average Bonchev–Trinajstić information content (AvgIpc) is 2.13. The number of hydrogen-bond donors (Lipinski definition) is 1. The fourth-order valence-corrected chi connectivity index (χ4v) is 2.60. The van der Waals surface area contributed by atoms with Gasteiger partial charge in [0, 0.05) is 30.3 Å². The molecule has 1 aromatic carbocycles. The largest absolute Gasteiger partial charge is 0.385 e. The molecule has 1 aromatic rings. The zero-order valence-electron chi connectivity index (χ0n) is 9.91. The van der Waals surface area contributed by atoms with E-state index in [9.17, 15) is 5.11 Å². The van der Waals surface area contributed by atoms with Gasteiger partial charge in [0.2, 0.25) is 0 Å². The zero-order valence-corrected chi connectivity index (χ0v) is 9.91.